The van der Waals surface area contributed by atoms with Gasteiger partial charge in [0.25, 0.3) is 0 Å². The zero-order valence-electron chi connectivity index (χ0n) is 34.9. The largest absolute Gasteiger partial charge is 0.472 e. The van der Waals surface area contributed by atoms with Gasteiger partial charge in [0.05, 0.1) is 39.9 Å². The second-order valence-electron chi connectivity index (χ2n) is 16.6. The molecule has 0 radical (unpaired) electrons. The van der Waals surface area contributed by atoms with Crippen LogP contribution in [0.4, 0.5) is 0 Å². The number of rotatable bonds is 40. The molecule has 0 rings (SSSR count). The molecule has 52 heavy (non-hydrogen) atoms. The lowest BCUT2D eigenvalue weighted by Gasteiger charge is -2.28. The summed E-state index contributed by atoms with van der Waals surface area (Å²) in [6, 6.07) is -1.02. The minimum Gasteiger partial charge on any atom is -0.390 e. The summed E-state index contributed by atoms with van der Waals surface area (Å²) in [5.41, 5.74) is 0. The van der Waals surface area contributed by atoms with Crippen molar-refractivity contribution in [1.82, 2.24) is 5.32 Å². The number of phosphoric ester groups is 1. The number of quaternary nitrogens is 1. The molecule has 0 aliphatic heterocycles. The van der Waals surface area contributed by atoms with Crippen molar-refractivity contribution in [2.45, 2.75) is 225 Å². The molecule has 0 heterocycles. The number of nitrogens with zero attached hydrogens (tertiary/aromatic N) is 1. The van der Waals surface area contributed by atoms with Crippen molar-refractivity contribution in [2.75, 3.05) is 40.9 Å². The highest BCUT2D eigenvalue weighted by Crippen LogP contribution is 2.43. The van der Waals surface area contributed by atoms with E-state index in [-0.39, 0.29) is 12.5 Å². The van der Waals surface area contributed by atoms with E-state index < -0.39 is 32.7 Å². The molecule has 4 N–H and O–H groups in total. The first-order valence-electron chi connectivity index (χ1n) is 22.0. The van der Waals surface area contributed by atoms with Crippen molar-refractivity contribution in [3.05, 3.63) is 0 Å². The number of aliphatic hydroxyl groups is 2. The van der Waals surface area contributed by atoms with Crippen molar-refractivity contribution in [3.8, 4) is 0 Å². The Labute approximate surface area is 322 Å². The van der Waals surface area contributed by atoms with Gasteiger partial charge in [0, 0.05) is 6.42 Å². The van der Waals surface area contributed by atoms with Crippen LogP contribution in [-0.2, 0) is 18.4 Å². The molecule has 0 fully saturated rings. The molecular weight excluding hydrogens is 675 g/mol. The number of hydrogen-bond acceptors (Lipinski definition) is 6. The van der Waals surface area contributed by atoms with Crippen molar-refractivity contribution < 1.29 is 38.0 Å². The van der Waals surface area contributed by atoms with Gasteiger partial charge in [-0.3, -0.25) is 13.8 Å². The maximum absolute atomic E-state index is 12.9. The van der Waals surface area contributed by atoms with Gasteiger partial charge in [0.15, 0.2) is 0 Å². The maximum Gasteiger partial charge on any atom is 0.472 e. The fraction of sp³-hybridized carbons (Fsp3) is 0.976. The SMILES string of the molecule is CCCCCCCCCCCCCCCCCCC(=O)NC(COP(=O)(O)OCC[N+](C)(C)C)C(O)C(O)CCCCCCCCCCCCCC. The van der Waals surface area contributed by atoms with Crippen LogP contribution in [0.5, 0.6) is 0 Å². The Balaban J connectivity index is 4.47. The highest BCUT2D eigenvalue weighted by atomic mass is 31.2. The Morgan fingerprint density at radius 2 is 0.962 bits per heavy atom. The lowest BCUT2D eigenvalue weighted by molar-refractivity contribution is -0.870. The topological polar surface area (TPSA) is 125 Å². The van der Waals surface area contributed by atoms with E-state index in [4.69, 9.17) is 9.05 Å². The molecule has 1 amide bonds. The number of phosphoric acid groups is 1. The zero-order chi connectivity index (χ0) is 38.8. The Kier molecular flexibility index (Phi) is 34.6. The van der Waals surface area contributed by atoms with Gasteiger partial charge < -0.3 is 24.9 Å². The molecule has 0 bridgehead atoms. The molecule has 9 nitrogen and oxygen atoms in total. The first-order valence-corrected chi connectivity index (χ1v) is 23.5. The maximum atomic E-state index is 12.9. The summed E-state index contributed by atoms with van der Waals surface area (Å²) >= 11 is 0. The number of carbonyl (C=O) groups excluding carboxylic acids is 1. The fourth-order valence-electron chi connectivity index (χ4n) is 6.61. The fourth-order valence-corrected chi connectivity index (χ4v) is 7.35. The molecule has 4 atom stereocenters. The lowest BCUT2D eigenvalue weighted by Crippen LogP contribution is -2.51. The highest BCUT2D eigenvalue weighted by molar-refractivity contribution is 7.47. The minimum atomic E-state index is -4.40. The second kappa shape index (κ2) is 34.9. The molecule has 0 aromatic carbocycles. The van der Waals surface area contributed by atoms with Crippen LogP contribution in [0.1, 0.15) is 206 Å². The van der Waals surface area contributed by atoms with Gasteiger partial charge in [-0.25, -0.2) is 4.57 Å². The van der Waals surface area contributed by atoms with Gasteiger partial charge in [0.2, 0.25) is 5.91 Å². The van der Waals surface area contributed by atoms with E-state index in [1.54, 1.807) is 0 Å². The number of amides is 1. The van der Waals surface area contributed by atoms with Crippen LogP contribution in [0.3, 0.4) is 0 Å². The summed E-state index contributed by atoms with van der Waals surface area (Å²) in [5, 5.41) is 24.6. The Morgan fingerprint density at radius 1 is 0.596 bits per heavy atom. The zero-order valence-corrected chi connectivity index (χ0v) is 35.8. The molecule has 4 unspecified atom stereocenters. The number of nitrogens with one attached hydrogen (secondary N) is 1. The van der Waals surface area contributed by atoms with E-state index in [9.17, 15) is 24.5 Å². The van der Waals surface area contributed by atoms with Gasteiger partial charge in [-0.15, -0.1) is 0 Å². The monoisotopic (exact) mass is 764 g/mol. The molecule has 0 saturated carbocycles. The van der Waals surface area contributed by atoms with Crippen LogP contribution in [0.15, 0.2) is 0 Å². The number of carbonyl (C=O) groups is 1. The molecule has 0 spiro atoms. The van der Waals surface area contributed by atoms with Gasteiger partial charge >= 0.3 is 7.82 Å². The van der Waals surface area contributed by atoms with Crippen LogP contribution in [0.2, 0.25) is 0 Å². The first-order chi connectivity index (χ1) is 24.9. The van der Waals surface area contributed by atoms with Crippen molar-refractivity contribution >= 4 is 13.7 Å². The summed E-state index contributed by atoms with van der Waals surface area (Å²) in [4.78, 5) is 23.1. The van der Waals surface area contributed by atoms with Crippen molar-refractivity contribution in [1.29, 1.82) is 0 Å². The number of aliphatic hydroxyl groups excluding tert-OH is 2. The van der Waals surface area contributed by atoms with Gasteiger partial charge in [-0.2, -0.15) is 0 Å². The molecule has 0 aromatic rings. The Morgan fingerprint density at radius 3 is 1.35 bits per heavy atom. The predicted octanol–water partition coefficient (Wildman–Crippen LogP) is 10.8. The van der Waals surface area contributed by atoms with E-state index in [2.05, 4.69) is 19.2 Å². The molecular formula is C42H88N2O7P+. The second-order valence-corrected chi connectivity index (χ2v) is 18.0. The molecule has 0 aromatic heterocycles. The van der Waals surface area contributed by atoms with E-state index in [0.717, 1.165) is 38.5 Å². The molecule has 0 aliphatic rings. The predicted molar refractivity (Wildman–Crippen MR) is 218 cm³/mol. The average molecular weight is 764 g/mol. The van der Waals surface area contributed by atoms with E-state index in [0.29, 0.717) is 23.9 Å². The summed E-state index contributed by atoms with van der Waals surface area (Å²) in [6.45, 7) is 4.61. The third-order valence-corrected chi connectivity index (χ3v) is 11.2. The van der Waals surface area contributed by atoms with Crippen LogP contribution in [0, 0.1) is 0 Å². The molecule has 0 saturated heterocycles. The minimum absolute atomic E-state index is 0.0255. The van der Waals surface area contributed by atoms with E-state index in [1.165, 1.54) is 141 Å². The van der Waals surface area contributed by atoms with Crippen LogP contribution in [0.25, 0.3) is 0 Å². The number of likely N-dealkylation sites (N-methyl/N-ethyl adjacent to an activating group) is 1. The Hall–Kier alpha value is -0.540. The lowest BCUT2D eigenvalue weighted by atomic mass is 9.99. The van der Waals surface area contributed by atoms with Crippen molar-refractivity contribution in [3.63, 3.8) is 0 Å². The third-order valence-electron chi connectivity index (χ3n) is 10.2. The summed E-state index contributed by atoms with van der Waals surface area (Å²) in [7, 11) is 1.45. The van der Waals surface area contributed by atoms with Crippen LogP contribution < -0.4 is 5.32 Å². The number of hydrogen-bond donors (Lipinski definition) is 4. The van der Waals surface area contributed by atoms with Crippen LogP contribution >= 0.6 is 7.82 Å². The summed E-state index contributed by atoms with van der Waals surface area (Å²) in [6.07, 6.45) is 32.9. The normalized spacial score (nSPS) is 15.0. The van der Waals surface area contributed by atoms with E-state index >= 15 is 0 Å². The summed E-state index contributed by atoms with van der Waals surface area (Å²) < 4.78 is 23.5. The van der Waals surface area contributed by atoms with Gasteiger partial charge in [0.1, 0.15) is 19.3 Å². The van der Waals surface area contributed by atoms with E-state index in [1.807, 2.05) is 21.1 Å². The third kappa shape index (κ3) is 35.2. The van der Waals surface area contributed by atoms with Crippen LogP contribution in [-0.4, -0.2) is 84.6 Å². The van der Waals surface area contributed by atoms with Crippen molar-refractivity contribution in [2.24, 2.45) is 0 Å². The average Bonchev–Trinajstić information content (AvgIpc) is 3.09. The molecule has 10 heteroatoms. The van der Waals surface area contributed by atoms with Gasteiger partial charge in [-0.05, 0) is 12.8 Å². The molecule has 0 aliphatic carbocycles. The number of unbranched alkanes of at least 4 members (excludes halogenated alkanes) is 26. The smallest absolute Gasteiger partial charge is 0.390 e. The standard InChI is InChI=1S/C42H87N2O7P/c1-6-8-10-12-14-16-18-20-21-22-23-25-27-29-31-33-35-41(46)43-39(38-51-52(48,49)50-37-36-44(3,4)5)42(47)40(45)34-32-30-28-26-24-19-17-15-13-11-9-7-2/h39-40,42,45,47H,6-38H2,1-5H3,(H-,43,46,48,49)/p+1. The Bertz CT molecular complexity index is 842. The molecule has 312 valence electrons. The highest BCUT2D eigenvalue weighted by Gasteiger charge is 2.31. The first kappa shape index (κ1) is 51.5. The summed E-state index contributed by atoms with van der Waals surface area (Å²) in [5.74, 6) is -0.255. The van der Waals surface area contributed by atoms with Gasteiger partial charge in [-0.1, -0.05) is 187 Å². The quantitative estimate of drug-likeness (QED) is 0.0278.